The SMILES string of the molecule is O=C(Nc1nc2ccc(-c3c(-c4ccc(F)cc4)nn4c3CN(C(=O)c3ccnc(F)c3)CC4)nn2c1F)c1ccncc1. The van der Waals surface area contributed by atoms with Crippen molar-refractivity contribution in [3.05, 3.63) is 114 Å². The molecule has 7 rings (SSSR count). The minimum atomic E-state index is -0.898. The Kier molecular flexibility index (Phi) is 6.57. The Labute approximate surface area is 246 Å². The van der Waals surface area contributed by atoms with Gasteiger partial charge in [-0.1, -0.05) is 0 Å². The normalized spacial score (nSPS) is 12.8. The minimum Gasteiger partial charge on any atom is -0.331 e. The molecule has 218 valence electrons. The molecule has 14 heteroatoms. The number of pyridine rings is 2. The molecule has 44 heavy (non-hydrogen) atoms. The third kappa shape index (κ3) is 4.81. The number of anilines is 1. The van der Waals surface area contributed by atoms with Crippen LogP contribution in [0.3, 0.4) is 0 Å². The number of hydrogen-bond acceptors (Lipinski definition) is 7. The Bertz CT molecular complexity index is 2060. The molecule has 0 bridgehead atoms. The van der Waals surface area contributed by atoms with Crippen molar-refractivity contribution in [1.82, 2.24) is 39.2 Å². The van der Waals surface area contributed by atoms with E-state index in [1.165, 1.54) is 55.0 Å². The third-order valence-corrected chi connectivity index (χ3v) is 7.21. The second kappa shape index (κ2) is 10.7. The van der Waals surface area contributed by atoms with Gasteiger partial charge in [0.2, 0.25) is 5.95 Å². The molecule has 0 fully saturated rings. The Morgan fingerprint density at radius 3 is 2.39 bits per heavy atom. The smallest absolute Gasteiger partial charge is 0.259 e. The van der Waals surface area contributed by atoms with E-state index in [-0.39, 0.29) is 29.1 Å². The molecule has 11 nitrogen and oxygen atoms in total. The first-order valence-corrected chi connectivity index (χ1v) is 13.4. The number of hydrogen-bond donors (Lipinski definition) is 1. The van der Waals surface area contributed by atoms with Crippen LogP contribution < -0.4 is 5.32 Å². The lowest BCUT2D eigenvalue weighted by atomic mass is 10.0. The van der Waals surface area contributed by atoms with Crippen LogP contribution in [0.1, 0.15) is 26.4 Å². The second-order valence-electron chi connectivity index (χ2n) is 9.92. The zero-order chi connectivity index (χ0) is 30.4. The van der Waals surface area contributed by atoms with Gasteiger partial charge >= 0.3 is 0 Å². The van der Waals surface area contributed by atoms with Crippen molar-refractivity contribution in [3.63, 3.8) is 0 Å². The van der Waals surface area contributed by atoms with Gasteiger partial charge in [-0.3, -0.25) is 19.3 Å². The number of nitrogens with zero attached hydrogens (tertiary/aromatic N) is 8. The van der Waals surface area contributed by atoms with E-state index in [2.05, 4.69) is 25.4 Å². The first-order valence-electron chi connectivity index (χ1n) is 13.4. The van der Waals surface area contributed by atoms with E-state index in [0.29, 0.717) is 41.3 Å². The summed E-state index contributed by atoms with van der Waals surface area (Å²) >= 11 is 0. The van der Waals surface area contributed by atoms with Crippen LogP contribution in [0.25, 0.3) is 28.2 Å². The number of rotatable bonds is 5. The summed E-state index contributed by atoms with van der Waals surface area (Å²) in [4.78, 5) is 39.0. The third-order valence-electron chi connectivity index (χ3n) is 7.21. The van der Waals surface area contributed by atoms with Crippen LogP contribution in [0, 0.1) is 17.7 Å². The zero-order valence-corrected chi connectivity index (χ0v) is 22.7. The summed E-state index contributed by atoms with van der Waals surface area (Å²) in [6, 6.07) is 14.4. The first-order chi connectivity index (χ1) is 21.4. The van der Waals surface area contributed by atoms with Crippen LogP contribution in [-0.4, -0.2) is 57.6 Å². The molecule has 0 spiro atoms. The fourth-order valence-corrected chi connectivity index (χ4v) is 5.09. The molecule has 0 unspecified atom stereocenters. The maximum absolute atomic E-state index is 15.6. The van der Waals surface area contributed by atoms with Crippen molar-refractivity contribution >= 4 is 23.3 Å². The standard InChI is InChI=1S/C30H20F3N9O2/c31-20-3-1-17(2-4-20)26-25(22-16-40(13-14-41(22)39-26)30(44)19-9-12-35-23(32)15-19)21-5-6-24-36-28(27(33)42(24)38-21)37-29(43)18-7-10-34-11-8-18/h1-12,15H,13-14,16H2,(H,37,43). The van der Waals surface area contributed by atoms with E-state index in [1.807, 2.05) is 0 Å². The highest BCUT2D eigenvalue weighted by Gasteiger charge is 2.30. The van der Waals surface area contributed by atoms with Crippen LogP contribution in [0.2, 0.25) is 0 Å². The van der Waals surface area contributed by atoms with E-state index >= 15 is 4.39 Å². The molecule has 2 amide bonds. The molecule has 1 aliphatic rings. The van der Waals surface area contributed by atoms with Crippen LogP contribution in [0.4, 0.5) is 19.0 Å². The number of carbonyl (C=O) groups is 2. The number of benzene rings is 1. The maximum Gasteiger partial charge on any atom is 0.259 e. The fourth-order valence-electron chi connectivity index (χ4n) is 5.09. The van der Waals surface area contributed by atoms with Crippen molar-refractivity contribution in [2.75, 3.05) is 11.9 Å². The van der Waals surface area contributed by atoms with E-state index < -0.39 is 29.5 Å². The van der Waals surface area contributed by atoms with Gasteiger partial charge in [-0.2, -0.15) is 23.5 Å². The number of fused-ring (bicyclic) bond motifs is 2. The van der Waals surface area contributed by atoms with Gasteiger partial charge in [-0.05, 0) is 54.6 Å². The lowest BCUT2D eigenvalue weighted by molar-refractivity contribution is 0.0705. The molecule has 1 aliphatic heterocycles. The highest BCUT2D eigenvalue weighted by Crippen LogP contribution is 2.36. The van der Waals surface area contributed by atoms with Gasteiger partial charge in [0.15, 0.2) is 11.5 Å². The number of imidazole rings is 1. The molecular weight excluding hydrogens is 575 g/mol. The summed E-state index contributed by atoms with van der Waals surface area (Å²) in [6.45, 7) is 0.699. The summed E-state index contributed by atoms with van der Waals surface area (Å²) in [7, 11) is 0. The highest BCUT2D eigenvalue weighted by atomic mass is 19.1. The monoisotopic (exact) mass is 595 g/mol. The molecule has 0 saturated heterocycles. The van der Waals surface area contributed by atoms with Crippen molar-refractivity contribution in [2.24, 2.45) is 0 Å². The second-order valence-corrected chi connectivity index (χ2v) is 9.92. The van der Waals surface area contributed by atoms with Crippen LogP contribution in [-0.2, 0) is 13.1 Å². The van der Waals surface area contributed by atoms with E-state index in [1.54, 1.807) is 27.8 Å². The average Bonchev–Trinajstić information content (AvgIpc) is 3.58. The Morgan fingerprint density at radius 2 is 1.61 bits per heavy atom. The van der Waals surface area contributed by atoms with E-state index in [9.17, 15) is 18.4 Å². The molecule has 6 aromatic rings. The molecule has 1 aromatic carbocycles. The van der Waals surface area contributed by atoms with Crippen molar-refractivity contribution in [1.29, 1.82) is 0 Å². The fraction of sp³-hybridized carbons (Fsp3) is 0.100. The van der Waals surface area contributed by atoms with E-state index in [4.69, 9.17) is 5.10 Å². The number of carbonyl (C=O) groups excluding carboxylic acids is 2. The van der Waals surface area contributed by atoms with Gasteiger partial charge in [0.25, 0.3) is 17.8 Å². The maximum atomic E-state index is 15.6. The molecule has 5 aromatic heterocycles. The van der Waals surface area contributed by atoms with Crippen molar-refractivity contribution < 1.29 is 22.8 Å². The minimum absolute atomic E-state index is 0.0890. The largest absolute Gasteiger partial charge is 0.331 e. The molecule has 0 radical (unpaired) electrons. The lowest BCUT2D eigenvalue weighted by Gasteiger charge is -2.28. The summed E-state index contributed by atoms with van der Waals surface area (Å²) in [5, 5.41) is 11.7. The van der Waals surface area contributed by atoms with Gasteiger partial charge in [0, 0.05) is 47.9 Å². The molecule has 0 aliphatic carbocycles. The summed E-state index contributed by atoms with van der Waals surface area (Å²) < 4.78 is 45.8. The highest BCUT2D eigenvalue weighted by molar-refractivity contribution is 6.03. The molecule has 1 N–H and O–H groups in total. The number of nitrogens with one attached hydrogen (secondary N) is 1. The number of aromatic nitrogens is 7. The van der Waals surface area contributed by atoms with Crippen LogP contribution >= 0.6 is 0 Å². The molecule has 0 saturated carbocycles. The topological polar surface area (TPSA) is 123 Å². The van der Waals surface area contributed by atoms with Gasteiger partial charge in [0.1, 0.15) is 11.5 Å². The number of amides is 2. The zero-order valence-electron chi connectivity index (χ0n) is 22.7. The Morgan fingerprint density at radius 1 is 0.841 bits per heavy atom. The Hall–Kier alpha value is -5.92. The van der Waals surface area contributed by atoms with Gasteiger partial charge in [-0.25, -0.2) is 14.4 Å². The van der Waals surface area contributed by atoms with Gasteiger partial charge in [0.05, 0.1) is 30.0 Å². The number of halogens is 3. The van der Waals surface area contributed by atoms with Gasteiger partial charge < -0.3 is 10.2 Å². The molecule has 0 atom stereocenters. The summed E-state index contributed by atoms with van der Waals surface area (Å²) in [5.41, 5.74) is 2.96. The van der Waals surface area contributed by atoms with Crippen LogP contribution in [0.15, 0.2) is 79.3 Å². The molecular formula is C30H20F3N9O2. The predicted octanol–water partition coefficient (Wildman–Crippen LogP) is 4.38. The lowest BCUT2D eigenvalue weighted by Crippen LogP contribution is -2.38. The average molecular weight is 596 g/mol. The first kappa shape index (κ1) is 26.9. The summed E-state index contributed by atoms with van der Waals surface area (Å²) in [6.07, 6.45) is 4.11. The van der Waals surface area contributed by atoms with Crippen molar-refractivity contribution in [3.8, 4) is 22.5 Å². The van der Waals surface area contributed by atoms with Gasteiger partial charge in [-0.15, -0.1) is 0 Å². The molecule has 6 heterocycles. The summed E-state index contributed by atoms with van der Waals surface area (Å²) in [5.74, 6) is -3.38. The van der Waals surface area contributed by atoms with E-state index in [0.717, 1.165) is 10.6 Å². The quantitative estimate of drug-likeness (QED) is 0.294. The predicted molar refractivity (Wildman–Crippen MR) is 151 cm³/mol. The Balaban J connectivity index is 1.30. The van der Waals surface area contributed by atoms with Crippen molar-refractivity contribution in [2.45, 2.75) is 13.1 Å². The van der Waals surface area contributed by atoms with Crippen LogP contribution in [0.5, 0.6) is 0 Å².